The fourth-order valence-electron chi connectivity index (χ4n) is 0.736. The molecule has 1 rings (SSSR count). The zero-order chi connectivity index (χ0) is 11.5. The summed E-state index contributed by atoms with van der Waals surface area (Å²) < 4.78 is 4.43. The van der Waals surface area contributed by atoms with Crippen molar-refractivity contribution < 1.29 is 9.53 Å². The molecule has 2 nitrogen and oxygen atoms in total. The van der Waals surface area contributed by atoms with Crippen LogP contribution in [0, 0.1) is 12.3 Å². The highest BCUT2D eigenvalue weighted by Gasteiger charge is 1.86. The van der Waals surface area contributed by atoms with Gasteiger partial charge in [-0.25, -0.2) is 4.79 Å². The third kappa shape index (κ3) is 7.09. The van der Waals surface area contributed by atoms with Crippen LogP contribution in [0.15, 0.2) is 43.0 Å². The number of rotatable bonds is 2. The lowest BCUT2D eigenvalue weighted by Crippen LogP contribution is -1.97. The van der Waals surface area contributed by atoms with E-state index in [9.17, 15) is 4.79 Å². The van der Waals surface area contributed by atoms with E-state index < -0.39 is 0 Å². The van der Waals surface area contributed by atoms with Crippen molar-refractivity contribution in [2.45, 2.75) is 6.92 Å². The van der Waals surface area contributed by atoms with E-state index in [2.05, 4.69) is 17.2 Å². The Labute approximate surface area is 90.6 Å². The molecule has 0 aliphatic carbocycles. The van der Waals surface area contributed by atoms with Crippen LogP contribution in [0.2, 0.25) is 0 Å². The smallest absolute Gasteiger partial charge is 0.330 e. The average Bonchev–Trinajstić information content (AvgIpc) is 2.31. The van der Waals surface area contributed by atoms with E-state index in [0.29, 0.717) is 6.61 Å². The van der Waals surface area contributed by atoms with Gasteiger partial charge in [0, 0.05) is 11.6 Å². The zero-order valence-electron chi connectivity index (χ0n) is 8.77. The Morgan fingerprint density at radius 1 is 1.53 bits per heavy atom. The van der Waals surface area contributed by atoms with Crippen LogP contribution in [-0.2, 0) is 9.53 Å². The van der Waals surface area contributed by atoms with E-state index in [1.54, 1.807) is 6.92 Å². The first-order valence-corrected chi connectivity index (χ1v) is 4.55. The van der Waals surface area contributed by atoms with Gasteiger partial charge in [-0.3, -0.25) is 0 Å². The number of esters is 1. The van der Waals surface area contributed by atoms with E-state index in [0.717, 1.165) is 11.6 Å². The lowest BCUT2D eigenvalue weighted by Gasteiger charge is -1.90. The summed E-state index contributed by atoms with van der Waals surface area (Å²) in [5, 5.41) is 0. The second-order valence-electron chi connectivity index (χ2n) is 2.47. The quantitative estimate of drug-likeness (QED) is 0.418. The largest absolute Gasteiger partial charge is 0.463 e. The molecular weight excluding hydrogens is 188 g/mol. The molecule has 0 amide bonds. The van der Waals surface area contributed by atoms with Crippen molar-refractivity contribution in [3.05, 3.63) is 48.6 Å². The van der Waals surface area contributed by atoms with Crippen LogP contribution < -0.4 is 0 Å². The van der Waals surface area contributed by atoms with Crippen molar-refractivity contribution in [1.29, 1.82) is 0 Å². The van der Waals surface area contributed by atoms with Gasteiger partial charge in [0.1, 0.15) is 0 Å². The molecule has 78 valence electrons. The maximum atomic E-state index is 10.1. The first-order valence-electron chi connectivity index (χ1n) is 4.55. The fourth-order valence-corrected chi connectivity index (χ4v) is 0.736. The monoisotopic (exact) mass is 202 g/mol. The predicted molar refractivity (Wildman–Crippen MR) is 61.2 cm³/mol. The molecule has 0 saturated carbocycles. The van der Waals surface area contributed by atoms with E-state index in [-0.39, 0.29) is 5.97 Å². The molecule has 0 aliphatic heterocycles. The number of carbonyl (C=O) groups excluding carboxylic acids is 1. The van der Waals surface area contributed by atoms with Gasteiger partial charge in [0.15, 0.2) is 0 Å². The normalized spacial score (nSPS) is 7.73. The van der Waals surface area contributed by atoms with Gasteiger partial charge in [-0.05, 0) is 19.1 Å². The Hall–Kier alpha value is -2.01. The number of hydrogen-bond donors (Lipinski definition) is 0. The highest BCUT2D eigenvalue weighted by atomic mass is 16.5. The first kappa shape index (κ1) is 13.0. The van der Waals surface area contributed by atoms with Crippen LogP contribution in [0.5, 0.6) is 0 Å². The number of terminal acetylenes is 1. The topological polar surface area (TPSA) is 26.3 Å². The molecular formula is C13H14O2. The molecule has 0 atom stereocenters. The summed E-state index contributed by atoms with van der Waals surface area (Å²) in [4.78, 5) is 10.1. The number of carbonyl (C=O) groups is 1. The van der Waals surface area contributed by atoms with Gasteiger partial charge in [-0.2, -0.15) is 0 Å². The van der Waals surface area contributed by atoms with Crippen molar-refractivity contribution in [3.8, 4) is 12.3 Å². The van der Waals surface area contributed by atoms with Crippen LogP contribution in [0.1, 0.15) is 12.5 Å². The van der Waals surface area contributed by atoms with Gasteiger partial charge in [-0.15, -0.1) is 6.42 Å². The molecule has 1 aromatic rings. The van der Waals surface area contributed by atoms with Crippen molar-refractivity contribution in [1.82, 2.24) is 0 Å². The molecule has 0 aromatic heterocycles. The lowest BCUT2D eigenvalue weighted by atomic mass is 10.2. The molecule has 0 fully saturated rings. The second kappa shape index (κ2) is 8.58. The molecule has 15 heavy (non-hydrogen) atoms. The van der Waals surface area contributed by atoms with Crippen LogP contribution in [-0.4, -0.2) is 12.6 Å². The summed E-state index contributed by atoms with van der Waals surface area (Å²) in [6.07, 6.45) is 6.24. The van der Waals surface area contributed by atoms with Crippen LogP contribution in [0.4, 0.5) is 0 Å². The van der Waals surface area contributed by atoms with Crippen LogP contribution >= 0.6 is 0 Å². The highest BCUT2D eigenvalue weighted by molar-refractivity contribution is 5.81. The van der Waals surface area contributed by atoms with Gasteiger partial charge in [0.2, 0.25) is 0 Å². The third-order valence-corrected chi connectivity index (χ3v) is 1.39. The van der Waals surface area contributed by atoms with Gasteiger partial charge in [0.05, 0.1) is 6.61 Å². The SMILES string of the molecule is C#Cc1ccccc1.C=CC(=O)OCC. The minimum absolute atomic E-state index is 0.359. The highest BCUT2D eigenvalue weighted by Crippen LogP contribution is 1.93. The fraction of sp³-hybridized carbons (Fsp3) is 0.154. The molecule has 1 aromatic carbocycles. The van der Waals surface area contributed by atoms with E-state index in [1.807, 2.05) is 30.3 Å². The lowest BCUT2D eigenvalue weighted by molar-refractivity contribution is -0.137. The summed E-state index contributed by atoms with van der Waals surface area (Å²) >= 11 is 0. The average molecular weight is 202 g/mol. The minimum atomic E-state index is -0.359. The zero-order valence-corrected chi connectivity index (χ0v) is 8.77. The second-order valence-corrected chi connectivity index (χ2v) is 2.47. The van der Waals surface area contributed by atoms with Gasteiger partial charge >= 0.3 is 5.97 Å². The molecule has 2 heteroatoms. The van der Waals surface area contributed by atoms with Crippen molar-refractivity contribution >= 4 is 5.97 Å². The predicted octanol–water partition coefficient (Wildman–Crippen LogP) is 2.40. The van der Waals surface area contributed by atoms with Gasteiger partial charge in [0.25, 0.3) is 0 Å². The maximum absolute atomic E-state index is 10.1. The maximum Gasteiger partial charge on any atom is 0.330 e. The molecule has 0 aliphatic rings. The Morgan fingerprint density at radius 3 is 2.40 bits per heavy atom. The summed E-state index contributed by atoms with van der Waals surface area (Å²) in [7, 11) is 0. The van der Waals surface area contributed by atoms with Gasteiger partial charge in [-0.1, -0.05) is 30.7 Å². The molecule has 0 radical (unpaired) electrons. The summed E-state index contributed by atoms with van der Waals surface area (Å²) in [6, 6.07) is 9.60. The minimum Gasteiger partial charge on any atom is -0.463 e. The molecule has 0 spiro atoms. The molecule has 0 unspecified atom stereocenters. The Morgan fingerprint density at radius 2 is 2.13 bits per heavy atom. The van der Waals surface area contributed by atoms with Crippen molar-refractivity contribution in [2.24, 2.45) is 0 Å². The molecule has 0 saturated heterocycles. The standard InChI is InChI=1S/C8H6.C5H8O2/c1-2-8-6-4-3-5-7-8;1-3-5(6)7-4-2/h1,3-7H;3H,1,4H2,2H3. The van der Waals surface area contributed by atoms with E-state index >= 15 is 0 Å². The first-order chi connectivity index (χ1) is 7.24. The number of ether oxygens (including phenoxy) is 1. The summed E-state index contributed by atoms with van der Waals surface area (Å²) in [5.74, 6) is 2.17. The van der Waals surface area contributed by atoms with Crippen molar-refractivity contribution in [3.63, 3.8) is 0 Å². The van der Waals surface area contributed by atoms with E-state index in [4.69, 9.17) is 6.42 Å². The summed E-state index contributed by atoms with van der Waals surface area (Å²) in [6.45, 7) is 5.38. The molecule has 0 N–H and O–H groups in total. The third-order valence-electron chi connectivity index (χ3n) is 1.39. The number of benzene rings is 1. The Balaban J connectivity index is 0.000000265. The van der Waals surface area contributed by atoms with Gasteiger partial charge < -0.3 is 4.74 Å². The van der Waals surface area contributed by atoms with Crippen LogP contribution in [0.3, 0.4) is 0 Å². The molecule has 0 heterocycles. The summed E-state index contributed by atoms with van der Waals surface area (Å²) in [5.41, 5.74) is 0.938. The van der Waals surface area contributed by atoms with Crippen molar-refractivity contribution in [2.75, 3.05) is 6.61 Å². The van der Waals surface area contributed by atoms with Crippen LogP contribution in [0.25, 0.3) is 0 Å². The number of hydrogen-bond acceptors (Lipinski definition) is 2. The Kier molecular flexibility index (Phi) is 7.43. The van der Waals surface area contributed by atoms with E-state index in [1.165, 1.54) is 0 Å². The Bertz CT molecular complexity index is 333. The molecule has 0 bridgehead atoms.